The molecule has 0 aliphatic carbocycles. The Bertz CT molecular complexity index is 797. The van der Waals surface area contributed by atoms with Gasteiger partial charge in [0.25, 0.3) is 5.91 Å². The van der Waals surface area contributed by atoms with E-state index in [9.17, 15) is 14.0 Å². The van der Waals surface area contributed by atoms with E-state index in [0.717, 1.165) is 0 Å². The molecule has 5 nitrogen and oxygen atoms in total. The van der Waals surface area contributed by atoms with Gasteiger partial charge >= 0.3 is 0 Å². The van der Waals surface area contributed by atoms with Gasteiger partial charge in [-0.2, -0.15) is 0 Å². The van der Waals surface area contributed by atoms with Gasteiger partial charge in [0.15, 0.2) is 0 Å². The minimum atomic E-state index is -0.817. The number of anilines is 1. The summed E-state index contributed by atoms with van der Waals surface area (Å²) in [7, 11) is 0. The van der Waals surface area contributed by atoms with Crippen molar-refractivity contribution in [3.8, 4) is 0 Å². The summed E-state index contributed by atoms with van der Waals surface area (Å²) in [5, 5.41) is 2.73. The van der Waals surface area contributed by atoms with Gasteiger partial charge in [-0.15, -0.1) is 0 Å². The van der Waals surface area contributed by atoms with Crippen LogP contribution >= 0.6 is 15.9 Å². The molecule has 118 valence electrons. The van der Waals surface area contributed by atoms with E-state index in [1.807, 2.05) is 0 Å². The van der Waals surface area contributed by atoms with Crippen molar-refractivity contribution in [2.24, 2.45) is 5.73 Å². The minimum absolute atomic E-state index is 0.145. The summed E-state index contributed by atoms with van der Waals surface area (Å²) in [6.07, 6.45) is -0.817. The Kier molecular flexibility index (Phi) is 4.04. The van der Waals surface area contributed by atoms with E-state index in [0.29, 0.717) is 15.7 Å². The maximum atomic E-state index is 14.3. The van der Waals surface area contributed by atoms with E-state index in [-0.39, 0.29) is 18.0 Å². The van der Waals surface area contributed by atoms with E-state index in [1.165, 1.54) is 6.07 Å². The number of hydrogen-bond donors (Lipinski definition) is 2. The molecule has 0 fully saturated rings. The topological polar surface area (TPSA) is 75.4 Å². The van der Waals surface area contributed by atoms with Crippen LogP contribution in [0.5, 0.6) is 0 Å². The predicted octanol–water partition coefficient (Wildman–Crippen LogP) is 2.32. The normalized spacial score (nSPS) is 16.7. The number of carbonyl (C=O) groups excluding carboxylic acids is 2. The van der Waals surface area contributed by atoms with Crippen LogP contribution in [0.4, 0.5) is 10.1 Å². The average molecular weight is 378 g/mol. The zero-order valence-electron chi connectivity index (χ0n) is 11.9. The number of nitrogens with one attached hydrogen (secondary N) is 1. The summed E-state index contributed by atoms with van der Waals surface area (Å²) in [4.78, 5) is 25.3. The zero-order valence-corrected chi connectivity index (χ0v) is 13.5. The van der Waals surface area contributed by atoms with Crippen molar-refractivity contribution in [1.29, 1.82) is 0 Å². The number of amides is 2. The van der Waals surface area contributed by atoms with Crippen LogP contribution < -0.4 is 16.0 Å². The Labute approximate surface area is 140 Å². The molecule has 2 amide bonds. The average Bonchev–Trinajstić information content (AvgIpc) is 2.52. The smallest absolute Gasteiger partial charge is 0.255 e. The number of hydrogen-bond acceptors (Lipinski definition) is 3. The number of fused-ring (bicyclic) bond motifs is 1. The molecule has 2 aromatic rings. The maximum absolute atomic E-state index is 14.3. The predicted molar refractivity (Wildman–Crippen MR) is 87.3 cm³/mol. The first-order chi connectivity index (χ1) is 11.0. The van der Waals surface area contributed by atoms with Crippen molar-refractivity contribution in [1.82, 2.24) is 5.32 Å². The summed E-state index contributed by atoms with van der Waals surface area (Å²) in [6, 6.07) is 11.3. The molecule has 3 rings (SSSR count). The van der Waals surface area contributed by atoms with Crippen LogP contribution in [0.1, 0.15) is 22.1 Å². The van der Waals surface area contributed by atoms with Crippen molar-refractivity contribution in [2.45, 2.75) is 6.17 Å². The van der Waals surface area contributed by atoms with Gasteiger partial charge in [0.2, 0.25) is 5.91 Å². The molecule has 3 N–H and O–H groups in total. The maximum Gasteiger partial charge on any atom is 0.255 e. The van der Waals surface area contributed by atoms with E-state index < -0.39 is 17.9 Å². The number of carbonyl (C=O) groups is 2. The number of benzene rings is 2. The van der Waals surface area contributed by atoms with Crippen LogP contribution in [0.2, 0.25) is 0 Å². The number of primary amides is 1. The first-order valence-electron chi connectivity index (χ1n) is 6.87. The molecule has 1 aliphatic rings. The third kappa shape index (κ3) is 2.92. The Morgan fingerprint density at radius 2 is 2.04 bits per heavy atom. The fourth-order valence-corrected chi connectivity index (χ4v) is 3.03. The van der Waals surface area contributed by atoms with Crippen molar-refractivity contribution < 1.29 is 14.0 Å². The molecule has 0 bridgehead atoms. The van der Waals surface area contributed by atoms with Gasteiger partial charge in [-0.1, -0.05) is 28.1 Å². The second-order valence-corrected chi connectivity index (χ2v) is 6.07. The lowest BCUT2D eigenvalue weighted by Crippen LogP contribution is -2.49. The SMILES string of the molecule is NC(=O)CN1c2ccccc2C(=O)N[C@@H]1c1cc(Br)ccc1F. The van der Waals surface area contributed by atoms with Crippen LogP contribution in [0.25, 0.3) is 0 Å². The standard InChI is InChI=1S/C16H13BrFN3O2/c17-9-5-6-12(18)11(7-9)15-20-16(23)10-3-1-2-4-13(10)21(15)8-14(19)22/h1-7,15H,8H2,(H2,19,22)(H,20,23)/t15-/m0/s1. The Morgan fingerprint density at radius 1 is 1.30 bits per heavy atom. The lowest BCUT2D eigenvalue weighted by atomic mass is 10.0. The lowest BCUT2D eigenvalue weighted by Gasteiger charge is -2.38. The number of para-hydroxylation sites is 1. The fourth-order valence-electron chi connectivity index (χ4n) is 2.65. The molecule has 0 radical (unpaired) electrons. The van der Waals surface area contributed by atoms with Crippen LogP contribution in [-0.2, 0) is 4.79 Å². The zero-order chi connectivity index (χ0) is 16.6. The summed E-state index contributed by atoms with van der Waals surface area (Å²) in [5.74, 6) is -1.38. The Morgan fingerprint density at radius 3 is 2.78 bits per heavy atom. The van der Waals surface area contributed by atoms with Crippen LogP contribution in [0, 0.1) is 5.82 Å². The molecule has 0 saturated heterocycles. The highest BCUT2D eigenvalue weighted by molar-refractivity contribution is 9.10. The second kappa shape index (κ2) is 6.00. The third-order valence-corrected chi connectivity index (χ3v) is 4.11. The molecule has 7 heteroatoms. The monoisotopic (exact) mass is 377 g/mol. The number of halogens is 2. The summed E-state index contributed by atoms with van der Waals surface area (Å²) >= 11 is 3.29. The van der Waals surface area contributed by atoms with Gasteiger partial charge in [0.1, 0.15) is 12.0 Å². The van der Waals surface area contributed by atoms with Gasteiger partial charge in [0.05, 0.1) is 17.8 Å². The van der Waals surface area contributed by atoms with Crippen LogP contribution in [0.3, 0.4) is 0 Å². The molecule has 0 aromatic heterocycles. The summed E-state index contributed by atoms with van der Waals surface area (Å²) in [5.41, 5.74) is 6.54. The van der Waals surface area contributed by atoms with E-state index in [4.69, 9.17) is 5.73 Å². The highest BCUT2D eigenvalue weighted by Gasteiger charge is 2.33. The van der Waals surface area contributed by atoms with Crippen molar-refractivity contribution in [3.63, 3.8) is 0 Å². The number of nitrogens with zero attached hydrogens (tertiary/aromatic N) is 1. The van der Waals surface area contributed by atoms with Gasteiger partial charge in [-0.05, 0) is 30.3 Å². The molecule has 1 aliphatic heterocycles. The first kappa shape index (κ1) is 15.5. The van der Waals surface area contributed by atoms with Gasteiger partial charge < -0.3 is 16.0 Å². The fraction of sp³-hybridized carbons (Fsp3) is 0.125. The molecular weight excluding hydrogens is 365 g/mol. The Balaban J connectivity index is 2.14. The molecule has 1 heterocycles. The minimum Gasteiger partial charge on any atom is -0.368 e. The largest absolute Gasteiger partial charge is 0.368 e. The first-order valence-corrected chi connectivity index (χ1v) is 7.66. The van der Waals surface area contributed by atoms with E-state index >= 15 is 0 Å². The quantitative estimate of drug-likeness (QED) is 0.861. The van der Waals surface area contributed by atoms with Gasteiger partial charge in [-0.3, -0.25) is 9.59 Å². The molecule has 23 heavy (non-hydrogen) atoms. The molecule has 0 saturated carbocycles. The van der Waals surface area contributed by atoms with Crippen molar-refractivity contribution >= 4 is 33.4 Å². The molecule has 0 unspecified atom stereocenters. The lowest BCUT2D eigenvalue weighted by molar-refractivity contribution is -0.116. The third-order valence-electron chi connectivity index (χ3n) is 3.62. The molecule has 0 spiro atoms. The van der Waals surface area contributed by atoms with Crippen molar-refractivity contribution in [2.75, 3.05) is 11.4 Å². The second-order valence-electron chi connectivity index (χ2n) is 5.15. The van der Waals surface area contributed by atoms with E-state index in [1.54, 1.807) is 41.3 Å². The highest BCUT2D eigenvalue weighted by atomic mass is 79.9. The summed E-state index contributed by atoms with van der Waals surface area (Å²) < 4.78 is 14.9. The van der Waals surface area contributed by atoms with Gasteiger partial charge in [0, 0.05) is 10.0 Å². The number of rotatable bonds is 3. The van der Waals surface area contributed by atoms with Gasteiger partial charge in [-0.25, -0.2) is 4.39 Å². The number of nitrogens with two attached hydrogens (primary N) is 1. The highest BCUT2D eigenvalue weighted by Crippen LogP contribution is 2.34. The molecule has 2 aromatic carbocycles. The molecule has 1 atom stereocenters. The van der Waals surface area contributed by atoms with E-state index in [2.05, 4.69) is 21.2 Å². The van der Waals surface area contributed by atoms with Crippen LogP contribution in [0.15, 0.2) is 46.9 Å². The summed E-state index contributed by atoms with van der Waals surface area (Å²) in [6.45, 7) is -0.145. The Hall–Kier alpha value is -2.41. The molecular formula is C16H13BrFN3O2. The van der Waals surface area contributed by atoms with Crippen molar-refractivity contribution in [3.05, 3.63) is 63.9 Å². The van der Waals surface area contributed by atoms with Crippen LogP contribution in [-0.4, -0.2) is 18.4 Å².